The van der Waals surface area contributed by atoms with Crippen LogP contribution in [0, 0.1) is 18.8 Å². The maximum Gasteiger partial charge on any atom is 0.241 e. The number of aryl methyl sites for hydroxylation is 1. The number of rotatable bonds is 6. The van der Waals surface area contributed by atoms with E-state index in [1.807, 2.05) is 13.8 Å². The summed E-state index contributed by atoms with van der Waals surface area (Å²) < 4.78 is 4.92. The smallest absolute Gasteiger partial charge is 0.241 e. The van der Waals surface area contributed by atoms with Crippen LogP contribution in [0.4, 0.5) is 5.82 Å². The third kappa shape index (κ3) is 6.51. The highest BCUT2D eigenvalue weighted by atomic mass is 35.5. The Kier molecular flexibility index (Phi) is 8.71. The minimum atomic E-state index is -0.627. The van der Waals surface area contributed by atoms with Gasteiger partial charge in [0.2, 0.25) is 17.7 Å². The minimum absolute atomic E-state index is 0. The zero-order chi connectivity index (χ0) is 19.3. The van der Waals surface area contributed by atoms with Crippen LogP contribution in [-0.4, -0.2) is 53.5 Å². The van der Waals surface area contributed by atoms with Gasteiger partial charge in [-0.25, -0.2) is 0 Å². The Hall–Kier alpha value is -2.13. The SMILES string of the molecule is Cc1cc(NC(=O)C2CCN(C(=O)CNC(=O)[C@@H](N)C(C)C)CC2)no1.Cl. The topological polar surface area (TPSA) is 131 Å². The van der Waals surface area contributed by atoms with Gasteiger partial charge in [-0.2, -0.15) is 0 Å². The fourth-order valence-corrected chi connectivity index (χ4v) is 2.74. The number of nitrogens with two attached hydrogens (primary N) is 1. The van der Waals surface area contributed by atoms with Crippen LogP contribution in [0.3, 0.4) is 0 Å². The first-order valence-electron chi connectivity index (χ1n) is 8.83. The van der Waals surface area contributed by atoms with E-state index in [0.717, 1.165) is 0 Å². The van der Waals surface area contributed by atoms with E-state index in [-0.39, 0.29) is 48.5 Å². The van der Waals surface area contributed by atoms with Crippen molar-refractivity contribution in [3.05, 3.63) is 11.8 Å². The summed E-state index contributed by atoms with van der Waals surface area (Å²) in [4.78, 5) is 37.9. The second kappa shape index (κ2) is 10.3. The van der Waals surface area contributed by atoms with Crippen molar-refractivity contribution in [2.75, 3.05) is 25.0 Å². The number of hydrogen-bond acceptors (Lipinski definition) is 6. The molecule has 3 amide bonds. The largest absolute Gasteiger partial charge is 0.360 e. The molecule has 2 rings (SSSR count). The number of nitrogens with zero attached hydrogens (tertiary/aromatic N) is 2. The number of nitrogens with one attached hydrogen (secondary N) is 2. The molecule has 152 valence electrons. The predicted molar refractivity (Wildman–Crippen MR) is 102 cm³/mol. The number of piperidine rings is 1. The molecule has 1 aromatic heterocycles. The molecule has 10 heteroatoms. The molecule has 1 fully saturated rings. The molecule has 1 atom stereocenters. The lowest BCUT2D eigenvalue weighted by atomic mass is 9.96. The summed E-state index contributed by atoms with van der Waals surface area (Å²) in [5.41, 5.74) is 5.75. The van der Waals surface area contributed by atoms with Crippen molar-refractivity contribution >= 4 is 35.9 Å². The summed E-state index contributed by atoms with van der Waals surface area (Å²) in [7, 11) is 0. The van der Waals surface area contributed by atoms with Gasteiger partial charge in [0, 0.05) is 25.1 Å². The van der Waals surface area contributed by atoms with Gasteiger partial charge in [-0.15, -0.1) is 12.4 Å². The highest BCUT2D eigenvalue weighted by Gasteiger charge is 2.28. The van der Waals surface area contributed by atoms with E-state index in [1.165, 1.54) is 0 Å². The van der Waals surface area contributed by atoms with E-state index in [1.54, 1.807) is 17.9 Å². The quantitative estimate of drug-likeness (QED) is 0.642. The van der Waals surface area contributed by atoms with Gasteiger partial charge >= 0.3 is 0 Å². The van der Waals surface area contributed by atoms with Crippen LogP contribution in [0.15, 0.2) is 10.6 Å². The number of carbonyl (C=O) groups excluding carboxylic acids is 3. The van der Waals surface area contributed by atoms with Gasteiger partial charge < -0.3 is 25.8 Å². The molecule has 27 heavy (non-hydrogen) atoms. The zero-order valence-corrected chi connectivity index (χ0v) is 16.7. The summed E-state index contributed by atoms with van der Waals surface area (Å²) in [5, 5.41) is 9.04. The second-order valence-corrected chi connectivity index (χ2v) is 6.95. The van der Waals surface area contributed by atoms with Crippen molar-refractivity contribution < 1.29 is 18.9 Å². The predicted octanol–water partition coefficient (Wildman–Crippen LogP) is 0.681. The van der Waals surface area contributed by atoms with E-state index >= 15 is 0 Å². The van der Waals surface area contributed by atoms with Crippen molar-refractivity contribution in [3.63, 3.8) is 0 Å². The van der Waals surface area contributed by atoms with Crippen LogP contribution in [0.1, 0.15) is 32.4 Å². The monoisotopic (exact) mass is 401 g/mol. The standard InChI is InChI=1S/C17H27N5O4.ClH/c1-10(2)15(18)17(25)19-9-14(23)22-6-4-12(5-7-22)16(24)20-13-8-11(3)26-21-13;/h8,10,12,15H,4-7,9,18H2,1-3H3,(H,19,25)(H,20,21,24);1H/t15-;/m0./s1. The Labute approximate surface area is 164 Å². The Bertz CT molecular complexity index is 656. The molecular weight excluding hydrogens is 374 g/mol. The maximum atomic E-state index is 12.2. The molecule has 2 heterocycles. The number of likely N-dealkylation sites (tertiary alicyclic amines) is 1. The molecule has 0 saturated carbocycles. The molecule has 1 aliphatic rings. The first-order chi connectivity index (χ1) is 12.3. The van der Waals surface area contributed by atoms with Crippen molar-refractivity contribution in [2.24, 2.45) is 17.6 Å². The molecule has 1 aliphatic heterocycles. The number of halogens is 1. The lowest BCUT2D eigenvalue weighted by molar-refractivity contribution is -0.135. The maximum absolute atomic E-state index is 12.2. The Balaban J connectivity index is 0.00000364. The van der Waals surface area contributed by atoms with E-state index in [0.29, 0.717) is 37.5 Å². The summed E-state index contributed by atoms with van der Waals surface area (Å²) in [6.45, 7) is 6.32. The van der Waals surface area contributed by atoms with Gasteiger partial charge in [-0.3, -0.25) is 14.4 Å². The van der Waals surface area contributed by atoms with E-state index in [2.05, 4.69) is 15.8 Å². The molecular formula is C17H28ClN5O4. The highest BCUT2D eigenvalue weighted by molar-refractivity contribution is 5.92. The zero-order valence-electron chi connectivity index (χ0n) is 15.9. The summed E-state index contributed by atoms with van der Waals surface area (Å²) in [5.74, 6) is 0.232. The van der Waals surface area contributed by atoms with Crippen molar-refractivity contribution in [2.45, 2.75) is 39.7 Å². The number of aromatic nitrogens is 1. The summed E-state index contributed by atoms with van der Waals surface area (Å²) in [6, 6.07) is 1.03. The number of anilines is 1. The minimum Gasteiger partial charge on any atom is -0.360 e. The third-order valence-electron chi connectivity index (χ3n) is 4.53. The Morgan fingerprint density at radius 3 is 2.48 bits per heavy atom. The van der Waals surface area contributed by atoms with Crippen LogP contribution in [0.5, 0.6) is 0 Å². The number of amides is 3. The van der Waals surface area contributed by atoms with E-state index < -0.39 is 6.04 Å². The van der Waals surface area contributed by atoms with Crippen LogP contribution < -0.4 is 16.4 Å². The van der Waals surface area contributed by atoms with E-state index in [4.69, 9.17) is 10.3 Å². The molecule has 0 unspecified atom stereocenters. The average Bonchev–Trinajstić information content (AvgIpc) is 3.03. The molecule has 0 spiro atoms. The van der Waals surface area contributed by atoms with Crippen LogP contribution in [-0.2, 0) is 14.4 Å². The van der Waals surface area contributed by atoms with Gasteiger partial charge in [0.15, 0.2) is 5.82 Å². The molecule has 1 saturated heterocycles. The number of hydrogen-bond donors (Lipinski definition) is 3. The summed E-state index contributed by atoms with van der Waals surface area (Å²) in [6.07, 6.45) is 1.13. The molecule has 0 aliphatic carbocycles. The lowest BCUT2D eigenvalue weighted by Gasteiger charge is -2.31. The lowest BCUT2D eigenvalue weighted by Crippen LogP contribution is -2.49. The average molecular weight is 402 g/mol. The normalized spacial score (nSPS) is 15.8. The number of carbonyl (C=O) groups is 3. The summed E-state index contributed by atoms with van der Waals surface area (Å²) >= 11 is 0. The molecule has 0 bridgehead atoms. The van der Waals surface area contributed by atoms with Crippen LogP contribution in [0.2, 0.25) is 0 Å². The third-order valence-corrected chi connectivity index (χ3v) is 4.53. The van der Waals surface area contributed by atoms with Gasteiger partial charge in [0.1, 0.15) is 5.76 Å². The fraction of sp³-hybridized carbons (Fsp3) is 0.647. The van der Waals surface area contributed by atoms with Crippen molar-refractivity contribution in [1.82, 2.24) is 15.4 Å². The molecule has 0 radical (unpaired) electrons. The Morgan fingerprint density at radius 2 is 1.96 bits per heavy atom. The van der Waals surface area contributed by atoms with Crippen LogP contribution >= 0.6 is 12.4 Å². The van der Waals surface area contributed by atoms with Crippen molar-refractivity contribution in [3.8, 4) is 0 Å². The fourth-order valence-electron chi connectivity index (χ4n) is 2.74. The van der Waals surface area contributed by atoms with Crippen molar-refractivity contribution in [1.29, 1.82) is 0 Å². The molecule has 0 aromatic carbocycles. The van der Waals surface area contributed by atoms with Gasteiger partial charge in [0.25, 0.3) is 0 Å². The molecule has 4 N–H and O–H groups in total. The first kappa shape index (κ1) is 22.9. The highest BCUT2D eigenvalue weighted by Crippen LogP contribution is 2.19. The van der Waals surface area contributed by atoms with Gasteiger partial charge in [-0.05, 0) is 25.7 Å². The van der Waals surface area contributed by atoms with Gasteiger partial charge in [-0.1, -0.05) is 19.0 Å². The van der Waals surface area contributed by atoms with Gasteiger partial charge in [0.05, 0.1) is 12.6 Å². The Morgan fingerprint density at radius 1 is 1.33 bits per heavy atom. The van der Waals surface area contributed by atoms with Crippen LogP contribution in [0.25, 0.3) is 0 Å². The van der Waals surface area contributed by atoms with E-state index in [9.17, 15) is 14.4 Å². The first-order valence-corrected chi connectivity index (χ1v) is 8.83. The molecule has 1 aromatic rings. The molecule has 9 nitrogen and oxygen atoms in total. The second-order valence-electron chi connectivity index (χ2n) is 6.95.